The van der Waals surface area contributed by atoms with E-state index < -0.39 is 16.9 Å². The fourth-order valence-electron chi connectivity index (χ4n) is 3.43. The summed E-state index contributed by atoms with van der Waals surface area (Å²) in [6.45, 7) is 6.32. The number of aromatic nitrogens is 3. The first-order valence-corrected chi connectivity index (χ1v) is 10.8. The molecule has 0 unspecified atom stereocenters. The van der Waals surface area contributed by atoms with Crippen molar-refractivity contribution in [3.05, 3.63) is 65.2 Å². The number of thioether (sulfide) groups is 1. The minimum Gasteiger partial charge on any atom is -0.378 e. The molecule has 0 saturated carbocycles. The minimum atomic E-state index is -1.04. The number of ketones is 1. The highest BCUT2D eigenvalue weighted by molar-refractivity contribution is 8.00. The number of para-hydroxylation sites is 1. The Balaban J connectivity index is 1.67. The lowest BCUT2D eigenvalue weighted by Crippen LogP contribution is -2.38. The van der Waals surface area contributed by atoms with E-state index in [1.165, 1.54) is 17.8 Å². The van der Waals surface area contributed by atoms with Gasteiger partial charge in [-0.2, -0.15) is 0 Å². The van der Waals surface area contributed by atoms with Crippen molar-refractivity contribution in [2.24, 2.45) is 0 Å². The van der Waals surface area contributed by atoms with E-state index >= 15 is 0 Å². The summed E-state index contributed by atoms with van der Waals surface area (Å²) in [5.41, 5.74) is 2.08. The van der Waals surface area contributed by atoms with Crippen molar-refractivity contribution in [3.63, 3.8) is 0 Å². The number of rotatable bonds is 6. The van der Waals surface area contributed by atoms with Gasteiger partial charge in [-0.1, -0.05) is 30.0 Å². The molecule has 2 heterocycles. The number of aryl methyl sites for hydroxylation is 1. The number of benzene rings is 2. The average molecular weight is 445 g/mol. The first-order valence-electron chi connectivity index (χ1n) is 9.95. The largest absolute Gasteiger partial charge is 0.378 e. The molecule has 1 atom stereocenters. The Morgan fingerprint density at radius 3 is 2.55 bits per heavy atom. The van der Waals surface area contributed by atoms with Crippen LogP contribution in [0.25, 0.3) is 5.69 Å². The predicted molar refractivity (Wildman–Crippen MR) is 115 cm³/mol. The Morgan fingerprint density at radius 2 is 1.84 bits per heavy atom. The van der Waals surface area contributed by atoms with Gasteiger partial charge in [-0.05, 0) is 43.7 Å². The van der Waals surface area contributed by atoms with Crippen LogP contribution >= 0.6 is 11.8 Å². The van der Waals surface area contributed by atoms with Crippen LogP contribution in [0.4, 0.5) is 14.7 Å². The second-order valence-electron chi connectivity index (χ2n) is 7.26. The van der Waals surface area contributed by atoms with E-state index in [0.29, 0.717) is 37.4 Å². The summed E-state index contributed by atoms with van der Waals surface area (Å²) >= 11 is 1.24. The van der Waals surface area contributed by atoms with Gasteiger partial charge < -0.3 is 9.64 Å². The average Bonchev–Trinajstić information content (AvgIpc) is 3.19. The van der Waals surface area contributed by atoms with Crippen LogP contribution in [0.5, 0.6) is 0 Å². The number of anilines is 1. The molecule has 1 fully saturated rings. The Morgan fingerprint density at radius 1 is 1.10 bits per heavy atom. The van der Waals surface area contributed by atoms with Gasteiger partial charge in [-0.15, -0.1) is 10.2 Å². The molecule has 4 rings (SSSR count). The second-order valence-corrected chi connectivity index (χ2v) is 8.57. The highest BCUT2D eigenvalue weighted by atomic mass is 32.2. The molecule has 0 spiro atoms. The van der Waals surface area contributed by atoms with Crippen molar-refractivity contribution in [1.82, 2.24) is 14.8 Å². The van der Waals surface area contributed by atoms with Crippen LogP contribution in [0.2, 0.25) is 0 Å². The van der Waals surface area contributed by atoms with Crippen LogP contribution in [-0.2, 0) is 4.74 Å². The van der Waals surface area contributed by atoms with Gasteiger partial charge in [-0.25, -0.2) is 8.78 Å². The van der Waals surface area contributed by atoms with E-state index in [9.17, 15) is 13.6 Å². The highest BCUT2D eigenvalue weighted by Gasteiger charge is 2.26. The zero-order valence-corrected chi connectivity index (χ0v) is 18.0. The third-order valence-electron chi connectivity index (χ3n) is 5.12. The molecule has 0 N–H and O–H groups in total. The monoisotopic (exact) mass is 444 g/mol. The van der Waals surface area contributed by atoms with Crippen molar-refractivity contribution < 1.29 is 18.3 Å². The van der Waals surface area contributed by atoms with Gasteiger partial charge in [0.15, 0.2) is 22.6 Å². The van der Waals surface area contributed by atoms with Crippen LogP contribution in [-0.4, -0.2) is 52.1 Å². The van der Waals surface area contributed by atoms with Gasteiger partial charge in [0.25, 0.3) is 0 Å². The molecular weight excluding hydrogens is 422 g/mol. The van der Waals surface area contributed by atoms with E-state index in [0.717, 1.165) is 23.4 Å². The number of nitrogens with zero attached hydrogens (tertiary/aromatic N) is 4. The molecule has 0 bridgehead atoms. The normalized spacial score (nSPS) is 15.2. The van der Waals surface area contributed by atoms with E-state index in [1.54, 1.807) is 6.92 Å². The van der Waals surface area contributed by atoms with E-state index in [4.69, 9.17) is 4.74 Å². The molecule has 1 aliphatic heterocycles. The molecule has 31 heavy (non-hydrogen) atoms. The Kier molecular flexibility index (Phi) is 6.33. The van der Waals surface area contributed by atoms with Crippen molar-refractivity contribution >= 4 is 23.5 Å². The predicted octanol–water partition coefficient (Wildman–Crippen LogP) is 4.05. The quantitative estimate of drug-likeness (QED) is 0.422. The molecule has 162 valence electrons. The lowest BCUT2D eigenvalue weighted by Gasteiger charge is -2.28. The third-order valence-corrected chi connectivity index (χ3v) is 6.16. The summed E-state index contributed by atoms with van der Waals surface area (Å²) in [4.78, 5) is 14.9. The fourth-order valence-corrected chi connectivity index (χ4v) is 4.36. The van der Waals surface area contributed by atoms with Gasteiger partial charge >= 0.3 is 0 Å². The van der Waals surface area contributed by atoms with Gasteiger partial charge in [0.05, 0.1) is 24.2 Å². The van der Waals surface area contributed by atoms with Gasteiger partial charge in [-0.3, -0.25) is 9.36 Å². The zero-order chi connectivity index (χ0) is 22.0. The maximum atomic E-state index is 13.6. The highest BCUT2D eigenvalue weighted by Crippen LogP contribution is 2.32. The molecule has 3 aromatic rings. The molecular formula is C22H22F2N4O2S. The van der Waals surface area contributed by atoms with Crippen molar-refractivity contribution in [3.8, 4) is 5.69 Å². The summed E-state index contributed by atoms with van der Waals surface area (Å²) in [5.74, 6) is -1.64. The van der Waals surface area contributed by atoms with Gasteiger partial charge in [0, 0.05) is 18.7 Å². The Labute approximate surface area is 183 Å². The maximum absolute atomic E-state index is 13.6. The second kappa shape index (κ2) is 9.15. The molecule has 0 aliphatic carbocycles. The smallest absolute Gasteiger partial charge is 0.232 e. The lowest BCUT2D eigenvalue weighted by molar-refractivity contribution is 0.0993. The zero-order valence-electron chi connectivity index (χ0n) is 17.2. The van der Waals surface area contributed by atoms with E-state index in [1.807, 2.05) is 35.8 Å². The van der Waals surface area contributed by atoms with Crippen LogP contribution < -0.4 is 4.90 Å². The van der Waals surface area contributed by atoms with E-state index in [-0.39, 0.29) is 11.3 Å². The molecule has 1 aromatic heterocycles. The van der Waals surface area contributed by atoms with Gasteiger partial charge in [0.1, 0.15) is 0 Å². The SMILES string of the molecule is Cc1ccccc1-n1c(S[C@@H](C)C(=O)c2ccc(F)c(F)c2)nnc1N1CCOCC1. The summed E-state index contributed by atoms with van der Waals surface area (Å²) in [6, 6.07) is 11.1. The first-order chi connectivity index (χ1) is 15.0. The maximum Gasteiger partial charge on any atom is 0.232 e. The van der Waals surface area contributed by atoms with Crippen LogP contribution in [0.15, 0.2) is 47.6 Å². The molecule has 1 saturated heterocycles. The number of carbonyl (C=O) groups is 1. The number of carbonyl (C=O) groups excluding carboxylic acids is 1. The first kappa shape index (κ1) is 21.5. The molecule has 6 nitrogen and oxygen atoms in total. The number of Topliss-reactive ketones (excluding diaryl/α,β-unsaturated/α-hetero) is 1. The topological polar surface area (TPSA) is 60.2 Å². The third kappa shape index (κ3) is 4.47. The summed E-state index contributed by atoms with van der Waals surface area (Å²) in [5, 5.41) is 8.75. The molecule has 2 aromatic carbocycles. The van der Waals surface area contributed by atoms with Crippen LogP contribution in [0.1, 0.15) is 22.8 Å². The summed E-state index contributed by atoms with van der Waals surface area (Å²) < 4.78 is 34.2. The lowest BCUT2D eigenvalue weighted by atomic mass is 10.1. The summed E-state index contributed by atoms with van der Waals surface area (Å²) in [6.07, 6.45) is 0. The minimum absolute atomic E-state index is 0.120. The van der Waals surface area contributed by atoms with Crippen molar-refractivity contribution in [2.45, 2.75) is 24.3 Å². The van der Waals surface area contributed by atoms with Crippen molar-refractivity contribution in [2.75, 3.05) is 31.2 Å². The van der Waals surface area contributed by atoms with Crippen LogP contribution in [0, 0.1) is 18.6 Å². The van der Waals surface area contributed by atoms with Gasteiger partial charge in [0.2, 0.25) is 5.95 Å². The number of hydrogen-bond donors (Lipinski definition) is 0. The van der Waals surface area contributed by atoms with E-state index in [2.05, 4.69) is 15.1 Å². The number of hydrogen-bond acceptors (Lipinski definition) is 6. The number of ether oxygens (including phenoxy) is 1. The van der Waals surface area contributed by atoms with Crippen molar-refractivity contribution in [1.29, 1.82) is 0 Å². The fraction of sp³-hybridized carbons (Fsp3) is 0.318. The molecule has 1 aliphatic rings. The molecule has 0 amide bonds. The standard InChI is InChI=1S/C22H22F2N4O2S/c1-14-5-3-4-6-19(14)28-21(27-9-11-30-12-10-27)25-26-22(28)31-15(2)20(29)16-7-8-17(23)18(24)13-16/h3-8,13,15H,9-12H2,1-2H3/t15-/m0/s1. The summed E-state index contributed by atoms with van der Waals surface area (Å²) in [7, 11) is 0. The Hall–Kier alpha value is -2.78. The molecule has 0 radical (unpaired) electrons. The molecule has 9 heteroatoms. The number of morpholine rings is 1. The Bertz CT molecular complexity index is 1100. The number of halogens is 2. The van der Waals surface area contributed by atoms with Crippen LogP contribution in [0.3, 0.4) is 0 Å².